The second kappa shape index (κ2) is 6.50. The van der Waals surface area contributed by atoms with Crippen molar-refractivity contribution in [2.24, 2.45) is 0 Å². The van der Waals surface area contributed by atoms with Crippen LogP contribution in [0.2, 0.25) is 0 Å². The fourth-order valence-corrected chi connectivity index (χ4v) is 2.65. The average molecular weight is 323 g/mol. The van der Waals surface area contributed by atoms with Gasteiger partial charge in [-0.1, -0.05) is 24.3 Å². The summed E-state index contributed by atoms with van der Waals surface area (Å²) in [6, 6.07) is 14.3. The molecule has 0 spiro atoms. The Kier molecular flexibility index (Phi) is 4.25. The zero-order valence-electron chi connectivity index (χ0n) is 12.8. The minimum Gasteiger partial charge on any atom is -0.311 e. The Morgan fingerprint density at radius 1 is 1.04 bits per heavy atom. The van der Waals surface area contributed by atoms with Gasteiger partial charge in [-0.2, -0.15) is 5.26 Å². The number of amides is 3. The molecule has 1 saturated heterocycles. The van der Waals surface area contributed by atoms with E-state index in [0.717, 1.165) is 4.90 Å². The van der Waals surface area contributed by atoms with Crippen LogP contribution in [0, 0.1) is 17.1 Å². The molecule has 0 aliphatic carbocycles. The number of rotatable bonds is 4. The van der Waals surface area contributed by atoms with Crippen molar-refractivity contribution < 1.29 is 14.0 Å². The lowest BCUT2D eigenvalue weighted by Gasteiger charge is -2.17. The van der Waals surface area contributed by atoms with Crippen molar-refractivity contribution in [2.45, 2.75) is 13.1 Å². The lowest BCUT2D eigenvalue weighted by molar-refractivity contribution is -0.125. The van der Waals surface area contributed by atoms with E-state index in [-0.39, 0.29) is 31.4 Å². The molecule has 1 fully saturated rings. The van der Waals surface area contributed by atoms with Crippen LogP contribution in [0.25, 0.3) is 0 Å². The number of carbonyl (C=O) groups excluding carboxylic acids is 2. The Morgan fingerprint density at radius 2 is 1.75 bits per heavy atom. The lowest BCUT2D eigenvalue weighted by Crippen LogP contribution is -2.32. The quantitative estimate of drug-likeness (QED) is 0.813. The van der Waals surface area contributed by atoms with Crippen molar-refractivity contribution in [1.29, 1.82) is 5.26 Å². The summed E-state index contributed by atoms with van der Waals surface area (Å²) in [6.45, 7) is 0.261. The molecule has 1 aliphatic heterocycles. The van der Waals surface area contributed by atoms with Crippen molar-refractivity contribution in [2.75, 3.05) is 6.54 Å². The minimum absolute atomic E-state index is 0.0344. The van der Waals surface area contributed by atoms with Gasteiger partial charge in [0.25, 0.3) is 5.91 Å². The van der Waals surface area contributed by atoms with E-state index in [4.69, 9.17) is 5.26 Å². The molecule has 2 aromatic rings. The summed E-state index contributed by atoms with van der Waals surface area (Å²) >= 11 is 0. The molecule has 0 saturated carbocycles. The van der Waals surface area contributed by atoms with Crippen LogP contribution in [-0.4, -0.2) is 28.3 Å². The van der Waals surface area contributed by atoms with Crippen LogP contribution < -0.4 is 0 Å². The maximum Gasteiger partial charge on any atom is 0.327 e. The first-order valence-electron chi connectivity index (χ1n) is 7.39. The molecule has 24 heavy (non-hydrogen) atoms. The van der Waals surface area contributed by atoms with E-state index in [0.29, 0.717) is 16.7 Å². The Morgan fingerprint density at radius 3 is 2.46 bits per heavy atom. The largest absolute Gasteiger partial charge is 0.327 e. The van der Waals surface area contributed by atoms with Gasteiger partial charge in [0.1, 0.15) is 12.4 Å². The molecule has 0 radical (unpaired) electrons. The van der Waals surface area contributed by atoms with Crippen LogP contribution in [0.1, 0.15) is 16.7 Å². The first-order valence-corrected chi connectivity index (χ1v) is 7.39. The molecule has 3 rings (SSSR count). The Balaban J connectivity index is 1.73. The van der Waals surface area contributed by atoms with E-state index in [9.17, 15) is 14.0 Å². The first kappa shape index (κ1) is 15.7. The maximum atomic E-state index is 13.2. The number of hydrogen-bond donors (Lipinski definition) is 0. The number of benzene rings is 2. The second-order valence-electron chi connectivity index (χ2n) is 5.56. The molecule has 0 aromatic heterocycles. The zero-order valence-corrected chi connectivity index (χ0v) is 12.8. The monoisotopic (exact) mass is 323 g/mol. The molecule has 2 aromatic carbocycles. The van der Waals surface area contributed by atoms with Gasteiger partial charge in [-0.15, -0.1) is 0 Å². The standard InChI is InChI=1S/C18H14FN3O2/c19-16-6-2-5-15(8-16)10-21-12-17(23)22(18(21)24)11-14-4-1-3-13(7-14)9-20/h1-8H,10-12H2. The Hall–Kier alpha value is -3.20. The van der Waals surface area contributed by atoms with Gasteiger partial charge in [-0.25, -0.2) is 9.18 Å². The van der Waals surface area contributed by atoms with Crippen LogP contribution in [0.5, 0.6) is 0 Å². The minimum atomic E-state index is -0.411. The number of hydrogen-bond acceptors (Lipinski definition) is 3. The third kappa shape index (κ3) is 3.25. The van der Waals surface area contributed by atoms with E-state index in [2.05, 4.69) is 0 Å². The summed E-state index contributed by atoms with van der Waals surface area (Å²) in [5, 5.41) is 8.92. The molecule has 0 atom stereocenters. The molecule has 3 amide bonds. The van der Waals surface area contributed by atoms with E-state index in [1.165, 1.54) is 17.0 Å². The lowest BCUT2D eigenvalue weighted by atomic mass is 10.1. The van der Waals surface area contributed by atoms with Crippen molar-refractivity contribution in [3.63, 3.8) is 0 Å². The van der Waals surface area contributed by atoms with E-state index in [1.807, 2.05) is 6.07 Å². The second-order valence-corrected chi connectivity index (χ2v) is 5.56. The maximum absolute atomic E-state index is 13.2. The molecule has 5 nitrogen and oxygen atoms in total. The Bertz CT molecular complexity index is 844. The summed E-state index contributed by atoms with van der Waals surface area (Å²) < 4.78 is 13.2. The summed E-state index contributed by atoms with van der Waals surface area (Å²) in [5.74, 6) is -0.686. The number of nitriles is 1. The van der Waals surface area contributed by atoms with Gasteiger partial charge in [0.15, 0.2) is 0 Å². The van der Waals surface area contributed by atoms with Gasteiger partial charge in [0, 0.05) is 6.54 Å². The van der Waals surface area contributed by atoms with Crippen LogP contribution in [0.3, 0.4) is 0 Å². The van der Waals surface area contributed by atoms with Gasteiger partial charge in [0.05, 0.1) is 18.2 Å². The van der Waals surface area contributed by atoms with Crippen molar-refractivity contribution >= 4 is 11.9 Å². The summed E-state index contributed by atoms with van der Waals surface area (Å²) in [4.78, 5) is 27.1. The Labute approximate surface area is 138 Å². The van der Waals surface area contributed by atoms with Gasteiger partial charge < -0.3 is 4.90 Å². The van der Waals surface area contributed by atoms with Crippen LogP contribution in [-0.2, 0) is 17.9 Å². The van der Waals surface area contributed by atoms with Gasteiger partial charge in [-0.05, 0) is 35.4 Å². The van der Waals surface area contributed by atoms with Gasteiger partial charge in [-0.3, -0.25) is 9.69 Å². The molecular weight excluding hydrogens is 309 g/mol. The first-order chi connectivity index (χ1) is 11.6. The number of halogens is 1. The SMILES string of the molecule is N#Cc1cccc(CN2C(=O)CN(Cc3cccc(F)c3)C2=O)c1. The van der Waals surface area contributed by atoms with Crippen LogP contribution in [0.15, 0.2) is 48.5 Å². The number of urea groups is 1. The number of imide groups is 1. The smallest absolute Gasteiger partial charge is 0.311 e. The molecule has 1 aliphatic rings. The van der Waals surface area contributed by atoms with E-state index < -0.39 is 6.03 Å². The number of carbonyl (C=O) groups is 2. The van der Waals surface area contributed by atoms with Crippen molar-refractivity contribution in [1.82, 2.24) is 9.80 Å². The average Bonchev–Trinajstić information content (AvgIpc) is 2.83. The molecule has 120 valence electrons. The molecule has 0 unspecified atom stereocenters. The van der Waals surface area contributed by atoms with Crippen molar-refractivity contribution in [3.05, 3.63) is 71.0 Å². The highest BCUT2D eigenvalue weighted by atomic mass is 19.1. The summed E-state index contributed by atoms with van der Waals surface area (Å²) in [6.07, 6.45) is 0. The molecule has 1 heterocycles. The van der Waals surface area contributed by atoms with Crippen LogP contribution >= 0.6 is 0 Å². The number of nitrogens with zero attached hydrogens (tertiary/aromatic N) is 3. The molecule has 6 heteroatoms. The highest BCUT2D eigenvalue weighted by molar-refractivity contribution is 6.01. The molecule has 0 N–H and O–H groups in total. The summed E-state index contributed by atoms with van der Waals surface area (Å²) in [5.41, 5.74) is 1.82. The van der Waals surface area contributed by atoms with Gasteiger partial charge in [0.2, 0.25) is 0 Å². The zero-order chi connectivity index (χ0) is 17.1. The molecular formula is C18H14FN3O2. The third-order valence-corrected chi connectivity index (χ3v) is 3.79. The van der Waals surface area contributed by atoms with Crippen LogP contribution in [0.4, 0.5) is 9.18 Å². The highest BCUT2D eigenvalue weighted by Gasteiger charge is 2.35. The van der Waals surface area contributed by atoms with E-state index in [1.54, 1.807) is 36.4 Å². The predicted octanol–water partition coefficient (Wildman–Crippen LogP) is 2.66. The fraction of sp³-hybridized carbons (Fsp3) is 0.167. The highest BCUT2D eigenvalue weighted by Crippen LogP contribution is 2.18. The normalized spacial score (nSPS) is 14.2. The molecule has 0 bridgehead atoms. The topological polar surface area (TPSA) is 64.4 Å². The van der Waals surface area contributed by atoms with E-state index >= 15 is 0 Å². The predicted molar refractivity (Wildman–Crippen MR) is 83.9 cm³/mol. The van der Waals surface area contributed by atoms with Gasteiger partial charge >= 0.3 is 6.03 Å². The summed E-state index contributed by atoms with van der Waals surface area (Å²) in [7, 11) is 0. The van der Waals surface area contributed by atoms with Crippen molar-refractivity contribution in [3.8, 4) is 6.07 Å². The third-order valence-electron chi connectivity index (χ3n) is 3.79. The fourth-order valence-electron chi connectivity index (χ4n) is 2.65.